The van der Waals surface area contributed by atoms with Crippen LogP contribution in [0.5, 0.6) is 5.75 Å². The van der Waals surface area contributed by atoms with Gasteiger partial charge in [-0.25, -0.2) is 0 Å². The lowest BCUT2D eigenvalue weighted by Gasteiger charge is -2.06. The molecule has 7 heteroatoms. The van der Waals surface area contributed by atoms with Crippen LogP contribution in [0.1, 0.15) is 21.6 Å². The first kappa shape index (κ1) is 16.5. The molecule has 0 aliphatic rings. The summed E-state index contributed by atoms with van der Waals surface area (Å²) in [5.41, 5.74) is 9.01. The van der Waals surface area contributed by atoms with E-state index in [1.54, 1.807) is 31.4 Å². The highest BCUT2D eigenvalue weighted by Crippen LogP contribution is 2.18. The molecule has 25 heavy (non-hydrogen) atoms. The maximum Gasteiger partial charge on any atom is 0.275 e. The van der Waals surface area contributed by atoms with Gasteiger partial charge in [-0.15, -0.1) is 5.10 Å². The van der Waals surface area contributed by atoms with Crippen molar-refractivity contribution in [3.05, 3.63) is 65.4 Å². The molecular formula is C18H19N5O2. The first-order valence-corrected chi connectivity index (χ1v) is 7.78. The molecule has 0 fully saturated rings. The van der Waals surface area contributed by atoms with Crippen molar-refractivity contribution < 1.29 is 9.53 Å². The van der Waals surface area contributed by atoms with Crippen LogP contribution >= 0.6 is 0 Å². The van der Waals surface area contributed by atoms with E-state index < -0.39 is 0 Å². The van der Waals surface area contributed by atoms with Gasteiger partial charge in [-0.05, 0) is 36.8 Å². The van der Waals surface area contributed by atoms with E-state index in [9.17, 15) is 4.79 Å². The van der Waals surface area contributed by atoms with Crippen LogP contribution < -0.4 is 15.8 Å². The molecule has 1 amide bonds. The molecule has 7 nitrogen and oxygen atoms in total. The fourth-order valence-electron chi connectivity index (χ4n) is 2.34. The molecule has 1 aromatic heterocycles. The van der Waals surface area contributed by atoms with Gasteiger partial charge in [0, 0.05) is 6.54 Å². The molecular weight excluding hydrogens is 318 g/mol. The van der Waals surface area contributed by atoms with Crippen LogP contribution in [0.2, 0.25) is 0 Å². The molecule has 0 atom stereocenters. The van der Waals surface area contributed by atoms with Gasteiger partial charge in [0.2, 0.25) is 0 Å². The number of benzene rings is 2. The highest BCUT2D eigenvalue weighted by molar-refractivity contribution is 5.96. The zero-order valence-corrected chi connectivity index (χ0v) is 14.1. The standard InChI is InChI=1S/C18H19N5O2/c1-12-3-5-13(6-4-12)11-20-18(24)16-17(19)23(22-21-16)14-7-9-15(25-2)10-8-14/h3-10H,11,19H2,1-2H3,(H,20,24). The minimum atomic E-state index is -0.363. The Balaban J connectivity index is 1.73. The second-order valence-corrected chi connectivity index (χ2v) is 5.60. The van der Waals surface area contributed by atoms with Crippen LogP contribution in [0, 0.1) is 6.92 Å². The van der Waals surface area contributed by atoms with Crippen molar-refractivity contribution in [1.82, 2.24) is 20.3 Å². The number of carbonyl (C=O) groups is 1. The molecule has 3 aromatic rings. The van der Waals surface area contributed by atoms with Gasteiger partial charge in [0.15, 0.2) is 11.5 Å². The van der Waals surface area contributed by atoms with Crippen molar-refractivity contribution in [2.24, 2.45) is 0 Å². The third-order valence-corrected chi connectivity index (χ3v) is 3.81. The molecule has 3 N–H and O–H groups in total. The van der Waals surface area contributed by atoms with E-state index in [1.807, 2.05) is 31.2 Å². The lowest BCUT2D eigenvalue weighted by atomic mass is 10.1. The van der Waals surface area contributed by atoms with Crippen LogP contribution in [0.15, 0.2) is 48.5 Å². The lowest BCUT2D eigenvalue weighted by Crippen LogP contribution is -2.24. The van der Waals surface area contributed by atoms with E-state index in [-0.39, 0.29) is 17.4 Å². The summed E-state index contributed by atoms with van der Waals surface area (Å²) in [6, 6.07) is 15.1. The predicted molar refractivity (Wildman–Crippen MR) is 94.7 cm³/mol. The summed E-state index contributed by atoms with van der Waals surface area (Å²) in [7, 11) is 1.59. The smallest absolute Gasteiger partial charge is 0.275 e. The second-order valence-electron chi connectivity index (χ2n) is 5.60. The molecule has 0 unspecified atom stereocenters. The van der Waals surface area contributed by atoms with Gasteiger partial charge in [0.1, 0.15) is 5.75 Å². The monoisotopic (exact) mass is 337 g/mol. The minimum Gasteiger partial charge on any atom is -0.497 e. The predicted octanol–water partition coefficient (Wildman–Crippen LogP) is 2.10. The van der Waals surface area contributed by atoms with Gasteiger partial charge in [-0.1, -0.05) is 35.0 Å². The van der Waals surface area contributed by atoms with Crippen LogP contribution in [-0.4, -0.2) is 28.0 Å². The number of methoxy groups -OCH3 is 1. The number of aryl methyl sites for hydroxylation is 1. The molecule has 0 radical (unpaired) electrons. The summed E-state index contributed by atoms with van der Waals surface area (Å²) in [5, 5.41) is 10.7. The van der Waals surface area contributed by atoms with E-state index in [1.165, 1.54) is 10.2 Å². The van der Waals surface area contributed by atoms with Crippen molar-refractivity contribution in [2.45, 2.75) is 13.5 Å². The Kier molecular flexibility index (Phi) is 4.65. The Morgan fingerprint density at radius 2 is 1.84 bits per heavy atom. The molecule has 128 valence electrons. The van der Waals surface area contributed by atoms with Crippen molar-refractivity contribution in [3.63, 3.8) is 0 Å². The SMILES string of the molecule is COc1ccc(-n2nnc(C(=O)NCc3ccc(C)cc3)c2N)cc1. The number of anilines is 1. The van der Waals surface area contributed by atoms with Crippen molar-refractivity contribution in [3.8, 4) is 11.4 Å². The van der Waals surface area contributed by atoms with E-state index in [2.05, 4.69) is 15.6 Å². The average Bonchev–Trinajstić information content (AvgIpc) is 3.02. The third kappa shape index (κ3) is 3.60. The quantitative estimate of drug-likeness (QED) is 0.743. The highest BCUT2D eigenvalue weighted by Gasteiger charge is 2.18. The second kappa shape index (κ2) is 7.04. The lowest BCUT2D eigenvalue weighted by molar-refractivity contribution is 0.0947. The van der Waals surface area contributed by atoms with Crippen LogP contribution in [0.3, 0.4) is 0 Å². The Morgan fingerprint density at radius 3 is 2.48 bits per heavy atom. The van der Waals surface area contributed by atoms with Gasteiger partial charge in [0.25, 0.3) is 5.91 Å². The van der Waals surface area contributed by atoms with E-state index in [0.29, 0.717) is 12.2 Å². The number of carbonyl (C=O) groups excluding carboxylic acids is 1. The van der Waals surface area contributed by atoms with Crippen LogP contribution in [-0.2, 0) is 6.54 Å². The van der Waals surface area contributed by atoms with Crippen LogP contribution in [0.25, 0.3) is 5.69 Å². The number of ether oxygens (including phenoxy) is 1. The number of aromatic nitrogens is 3. The fraction of sp³-hybridized carbons (Fsp3) is 0.167. The number of nitrogens with zero attached hydrogens (tertiary/aromatic N) is 3. The van der Waals surface area contributed by atoms with Gasteiger partial charge in [-0.3, -0.25) is 4.79 Å². The Morgan fingerprint density at radius 1 is 1.16 bits per heavy atom. The molecule has 0 spiro atoms. The molecule has 0 saturated heterocycles. The number of nitrogen functional groups attached to an aromatic ring is 1. The molecule has 1 heterocycles. The molecule has 2 aromatic carbocycles. The molecule has 3 rings (SSSR count). The average molecular weight is 337 g/mol. The summed E-state index contributed by atoms with van der Waals surface area (Å²) in [4.78, 5) is 12.3. The maximum atomic E-state index is 12.3. The van der Waals surface area contributed by atoms with Gasteiger partial charge in [0.05, 0.1) is 12.8 Å². The summed E-state index contributed by atoms with van der Waals surface area (Å²) in [5.74, 6) is 0.544. The topological polar surface area (TPSA) is 95.1 Å². The van der Waals surface area contributed by atoms with Gasteiger partial charge >= 0.3 is 0 Å². The summed E-state index contributed by atoms with van der Waals surface area (Å²) < 4.78 is 6.54. The number of nitrogens with one attached hydrogen (secondary N) is 1. The number of nitrogens with two attached hydrogens (primary N) is 1. The zero-order valence-electron chi connectivity index (χ0n) is 14.1. The first-order chi connectivity index (χ1) is 12.1. The summed E-state index contributed by atoms with van der Waals surface area (Å²) in [6.45, 7) is 2.41. The Labute approximate surface area is 145 Å². The molecule has 0 bridgehead atoms. The number of rotatable bonds is 5. The number of hydrogen-bond donors (Lipinski definition) is 2. The zero-order chi connectivity index (χ0) is 17.8. The summed E-state index contributed by atoms with van der Waals surface area (Å²) in [6.07, 6.45) is 0. The maximum absolute atomic E-state index is 12.3. The van der Waals surface area contributed by atoms with Crippen molar-refractivity contribution in [2.75, 3.05) is 12.8 Å². The van der Waals surface area contributed by atoms with Crippen LogP contribution in [0.4, 0.5) is 5.82 Å². The first-order valence-electron chi connectivity index (χ1n) is 7.78. The van der Waals surface area contributed by atoms with E-state index >= 15 is 0 Å². The molecule has 0 aliphatic carbocycles. The normalized spacial score (nSPS) is 10.5. The number of hydrogen-bond acceptors (Lipinski definition) is 5. The number of amides is 1. The largest absolute Gasteiger partial charge is 0.497 e. The minimum absolute atomic E-state index is 0.0999. The Bertz CT molecular complexity index is 869. The van der Waals surface area contributed by atoms with Gasteiger partial charge < -0.3 is 15.8 Å². The summed E-state index contributed by atoms with van der Waals surface area (Å²) >= 11 is 0. The fourth-order valence-corrected chi connectivity index (χ4v) is 2.34. The molecule has 0 aliphatic heterocycles. The molecule has 0 saturated carbocycles. The van der Waals surface area contributed by atoms with Crippen molar-refractivity contribution >= 4 is 11.7 Å². The van der Waals surface area contributed by atoms with E-state index in [4.69, 9.17) is 10.5 Å². The van der Waals surface area contributed by atoms with Gasteiger partial charge in [-0.2, -0.15) is 4.68 Å². The highest BCUT2D eigenvalue weighted by atomic mass is 16.5. The third-order valence-electron chi connectivity index (χ3n) is 3.81. The van der Waals surface area contributed by atoms with E-state index in [0.717, 1.165) is 11.3 Å². The van der Waals surface area contributed by atoms with Crippen molar-refractivity contribution in [1.29, 1.82) is 0 Å². The Hall–Kier alpha value is -3.35.